The molecule has 2 saturated heterocycles. The molecule has 0 unspecified atom stereocenters. The van der Waals surface area contributed by atoms with E-state index in [-0.39, 0.29) is 6.03 Å². The van der Waals surface area contributed by atoms with Gasteiger partial charge in [-0.3, -0.25) is 9.88 Å². The highest BCUT2D eigenvalue weighted by Crippen LogP contribution is 2.16. The van der Waals surface area contributed by atoms with Crippen molar-refractivity contribution in [3.63, 3.8) is 0 Å². The van der Waals surface area contributed by atoms with Crippen molar-refractivity contribution < 1.29 is 4.79 Å². The molecule has 18 heavy (non-hydrogen) atoms. The van der Waals surface area contributed by atoms with Crippen LogP contribution in [-0.4, -0.2) is 53.0 Å². The van der Waals surface area contributed by atoms with Gasteiger partial charge in [0.25, 0.3) is 0 Å². The molecule has 2 aliphatic heterocycles. The van der Waals surface area contributed by atoms with Crippen molar-refractivity contribution in [3.8, 4) is 0 Å². The summed E-state index contributed by atoms with van der Waals surface area (Å²) in [6, 6.07) is 4.49. The molecule has 2 fully saturated rings. The van der Waals surface area contributed by atoms with Crippen LogP contribution in [0.4, 0.5) is 4.79 Å². The Bertz CT molecular complexity index is 462. The summed E-state index contributed by atoms with van der Waals surface area (Å²) < 4.78 is 0. The lowest BCUT2D eigenvalue weighted by atomic mass is 10.1. The molecule has 1 atom stereocenters. The number of nitrogens with one attached hydrogen (secondary N) is 1. The van der Waals surface area contributed by atoms with Gasteiger partial charge < -0.3 is 10.2 Å². The molecule has 2 amide bonds. The molecule has 0 bridgehead atoms. The van der Waals surface area contributed by atoms with Gasteiger partial charge >= 0.3 is 6.03 Å². The molecule has 0 aliphatic carbocycles. The molecule has 1 N–H and O–H groups in total. The van der Waals surface area contributed by atoms with E-state index >= 15 is 0 Å². The third-order valence-electron chi connectivity index (χ3n) is 3.81. The summed E-state index contributed by atoms with van der Waals surface area (Å²) >= 11 is 0. The molecule has 3 rings (SSSR count). The van der Waals surface area contributed by atoms with E-state index in [4.69, 9.17) is 0 Å². The zero-order chi connectivity index (χ0) is 12.5. The SMILES string of the molecule is Cc1cccnc1CN1CCN2C(=O)NC[C@H]2C1. The number of rotatable bonds is 2. The van der Waals surface area contributed by atoms with Crippen LogP contribution in [0.5, 0.6) is 0 Å². The summed E-state index contributed by atoms with van der Waals surface area (Å²) in [7, 11) is 0. The second kappa shape index (κ2) is 4.57. The molecule has 1 aromatic rings. The summed E-state index contributed by atoms with van der Waals surface area (Å²) in [6.07, 6.45) is 1.85. The van der Waals surface area contributed by atoms with Crippen LogP contribution in [-0.2, 0) is 6.54 Å². The number of hydrogen-bond donors (Lipinski definition) is 1. The molecule has 96 valence electrons. The van der Waals surface area contributed by atoms with Gasteiger partial charge in [0, 0.05) is 38.9 Å². The third kappa shape index (κ3) is 2.06. The van der Waals surface area contributed by atoms with Crippen LogP contribution in [0.3, 0.4) is 0 Å². The first-order chi connectivity index (χ1) is 8.74. The van der Waals surface area contributed by atoms with Crippen LogP contribution in [0.2, 0.25) is 0 Å². The number of aryl methyl sites for hydroxylation is 1. The topological polar surface area (TPSA) is 48.5 Å². The minimum atomic E-state index is 0.0914. The molecule has 0 radical (unpaired) electrons. The van der Waals surface area contributed by atoms with Crippen LogP contribution in [0, 0.1) is 6.92 Å². The molecule has 2 aliphatic rings. The number of pyridine rings is 1. The van der Waals surface area contributed by atoms with Crippen LogP contribution in [0.15, 0.2) is 18.3 Å². The largest absolute Gasteiger partial charge is 0.336 e. The van der Waals surface area contributed by atoms with E-state index in [1.54, 1.807) is 0 Å². The van der Waals surface area contributed by atoms with E-state index in [2.05, 4.69) is 28.2 Å². The Kier molecular flexibility index (Phi) is 2.91. The van der Waals surface area contributed by atoms with Crippen LogP contribution >= 0.6 is 0 Å². The molecule has 0 aromatic carbocycles. The fourth-order valence-electron chi connectivity index (χ4n) is 2.71. The van der Waals surface area contributed by atoms with Crippen molar-refractivity contribution in [3.05, 3.63) is 29.6 Å². The highest BCUT2D eigenvalue weighted by Gasteiger charge is 2.35. The molecular weight excluding hydrogens is 228 g/mol. The Hall–Kier alpha value is -1.62. The molecule has 3 heterocycles. The maximum absolute atomic E-state index is 11.5. The molecule has 0 saturated carbocycles. The van der Waals surface area contributed by atoms with Gasteiger partial charge in [0.15, 0.2) is 0 Å². The van der Waals surface area contributed by atoms with Crippen LogP contribution < -0.4 is 5.32 Å². The second-order valence-corrected chi connectivity index (χ2v) is 5.04. The van der Waals surface area contributed by atoms with Gasteiger partial charge in [0.2, 0.25) is 0 Å². The summed E-state index contributed by atoms with van der Waals surface area (Å²) in [4.78, 5) is 20.3. The highest BCUT2D eigenvalue weighted by atomic mass is 16.2. The van der Waals surface area contributed by atoms with Gasteiger partial charge in [0.05, 0.1) is 11.7 Å². The molecule has 1 aromatic heterocycles. The van der Waals surface area contributed by atoms with Crippen molar-refractivity contribution in [1.29, 1.82) is 0 Å². The molecule has 0 spiro atoms. The second-order valence-electron chi connectivity index (χ2n) is 5.04. The van der Waals surface area contributed by atoms with Crippen molar-refractivity contribution in [2.75, 3.05) is 26.2 Å². The Balaban J connectivity index is 1.66. The van der Waals surface area contributed by atoms with Gasteiger partial charge in [-0.15, -0.1) is 0 Å². The average molecular weight is 246 g/mol. The number of piperazine rings is 1. The van der Waals surface area contributed by atoms with Gasteiger partial charge in [-0.25, -0.2) is 4.79 Å². The van der Waals surface area contributed by atoms with Crippen molar-refractivity contribution >= 4 is 6.03 Å². The first kappa shape index (κ1) is 11.5. The monoisotopic (exact) mass is 246 g/mol. The smallest absolute Gasteiger partial charge is 0.317 e. The summed E-state index contributed by atoms with van der Waals surface area (Å²) in [6.45, 7) is 6.44. The van der Waals surface area contributed by atoms with Crippen molar-refractivity contribution in [1.82, 2.24) is 20.1 Å². The molecule has 5 heteroatoms. The predicted molar refractivity (Wildman–Crippen MR) is 68.1 cm³/mol. The number of aromatic nitrogens is 1. The van der Waals surface area contributed by atoms with E-state index in [0.29, 0.717) is 6.04 Å². The van der Waals surface area contributed by atoms with E-state index in [0.717, 1.165) is 38.4 Å². The summed E-state index contributed by atoms with van der Waals surface area (Å²) in [5, 5.41) is 2.90. The van der Waals surface area contributed by atoms with E-state index < -0.39 is 0 Å². The zero-order valence-electron chi connectivity index (χ0n) is 10.6. The fourth-order valence-corrected chi connectivity index (χ4v) is 2.71. The quantitative estimate of drug-likeness (QED) is 0.831. The minimum Gasteiger partial charge on any atom is -0.336 e. The first-order valence-corrected chi connectivity index (χ1v) is 6.41. The van der Waals surface area contributed by atoms with Gasteiger partial charge in [-0.2, -0.15) is 0 Å². The number of amides is 2. The standard InChI is InChI=1S/C13H18N4O/c1-10-3-2-4-14-12(10)9-16-5-6-17-11(8-16)7-15-13(17)18/h2-4,11H,5-9H2,1H3,(H,15,18)/t11-/m0/s1. The maximum atomic E-state index is 11.5. The Morgan fingerprint density at radius 3 is 3.22 bits per heavy atom. The summed E-state index contributed by atoms with van der Waals surface area (Å²) in [5.74, 6) is 0. The minimum absolute atomic E-state index is 0.0914. The lowest BCUT2D eigenvalue weighted by molar-refractivity contribution is 0.115. The highest BCUT2D eigenvalue weighted by molar-refractivity contribution is 5.77. The number of hydrogen-bond acceptors (Lipinski definition) is 3. The molecule has 5 nitrogen and oxygen atoms in total. The number of carbonyl (C=O) groups excluding carboxylic acids is 1. The van der Waals surface area contributed by atoms with Crippen LogP contribution in [0.25, 0.3) is 0 Å². The Labute approximate surface area is 107 Å². The predicted octanol–water partition coefficient (Wildman–Crippen LogP) is 0.599. The van der Waals surface area contributed by atoms with E-state index in [1.165, 1.54) is 5.56 Å². The lowest BCUT2D eigenvalue weighted by Crippen LogP contribution is -2.51. The van der Waals surface area contributed by atoms with E-state index in [9.17, 15) is 4.79 Å². The molecular formula is C13H18N4O. The first-order valence-electron chi connectivity index (χ1n) is 6.41. The van der Waals surface area contributed by atoms with Gasteiger partial charge in [-0.1, -0.05) is 6.07 Å². The average Bonchev–Trinajstić information content (AvgIpc) is 2.74. The van der Waals surface area contributed by atoms with Crippen molar-refractivity contribution in [2.45, 2.75) is 19.5 Å². The van der Waals surface area contributed by atoms with Gasteiger partial charge in [-0.05, 0) is 18.6 Å². The van der Waals surface area contributed by atoms with Crippen LogP contribution in [0.1, 0.15) is 11.3 Å². The Morgan fingerprint density at radius 1 is 1.50 bits per heavy atom. The summed E-state index contributed by atoms with van der Waals surface area (Å²) in [5.41, 5.74) is 2.38. The lowest BCUT2D eigenvalue weighted by Gasteiger charge is -2.36. The maximum Gasteiger partial charge on any atom is 0.317 e. The van der Waals surface area contributed by atoms with E-state index in [1.807, 2.05) is 17.2 Å². The van der Waals surface area contributed by atoms with Gasteiger partial charge in [0.1, 0.15) is 0 Å². The third-order valence-corrected chi connectivity index (χ3v) is 3.81. The Morgan fingerprint density at radius 2 is 2.39 bits per heavy atom. The number of carbonyl (C=O) groups is 1. The number of urea groups is 1. The number of nitrogens with zero attached hydrogens (tertiary/aromatic N) is 3. The normalized spacial score (nSPS) is 23.9. The zero-order valence-corrected chi connectivity index (χ0v) is 10.6. The fraction of sp³-hybridized carbons (Fsp3) is 0.538. The number of fused-ring (bicyclic) bond motifs is 1. The van der Waals surface area contributed by atoms with Crippen molar-refractivity contribution in [2.24, 2.45) is 0 Å².